The number of hydrogen-bond donors (Lipinski definition) is 2. The van der Waals surface area contributed by atoms with Crippen molar-refractivity contribution in [3.8, 4) is 0 Å². The van der Waals surface area contributed by atoms with Gasteiger partial charge in [-0.1, -0.05) is 6.92 Å². The highest BCUT2D eigenvalue weighted by Crippen LogP contribution is 2.10. The zero-order valence-electron chi connectivity index (χ0n) is 12.2. The van der Waals surface area contributed by atoms with Crippen LogP contribution in [0, 0.1) is 0 Å². The number of nitrogens with zero attached hydrogens (tertiary/aromatic N) is 1. The number of hydrazone groups is 1. The summed E-state index contributed by atoms with van der Waals surface area (Å²) < 4.78 is 0. The van der Waals surface area contributed by atoms with Crippen molar-refractivity contribution in [1.29, 1.82) is 0 Å². The molecule has 0 unspecified atom stereocenters. The lowest BCUT2D eigenvalue weighted by Crippen LogP contribution is -2.17. The Balaban J connectivity index is 1.89. The van der Waals surface area contributed by atoms with Gasteiger partial charge in [0.1, 0.15) is 0 Å². The van der Waals surface area contributed by atoms with Crippen LogP contribution < -0.4 is 10.7 Å². The summed E-state index contributed by atoms with van der Waals surface area (Å²) in [5, 5.41) is 10.5. The maximum atomic E-state index is 11.9. The summed E-state index contributed by atoms with van der Waals surface area (Å²) >= 11 is 1.57. The zero-order valence-corrected chi connectivity index (χ0v) is 13.0. The molecule has 0 fully saturated rings. The van der Waals surface area contributed by atoms with Crippen molar-refractivity contribution in [3.63, 3.8) is 0 Å². The number of carbonyl (C=O) groups is 2. The van der Waals surface area contributed by atoms with Gasteiger partial charge in [0.25, 0.3) is 5.91 Å². The van der Waals surface area contributed by atoms with Gasteiger partial charge >= 0.3 is 0 Å². The molecular formula is C16H17N3O2S. The summed E-state index contributed by atoms with van der Waals surface area (Å²) in [7, 11) is 0. The van der Waals surface area contributed by atoms with E-state index in [4.69, 9.17) is 0 Å². The second-order valence-corrected chi connectivity index (χ2v) is 5.41. The summed E-state index contributed by atoms with van der Waals surface area (Å²) in [6.07, 6.45) is 2.88. The summed E-state index contributed by atoms with van der Waals surface area (Å²) in [4.78, 5) is 23.4. The third kappa shape index (κ3) is 4.82. The number of amides is 2. The van der Waals surface area contributed by atoms with Crippen LogP contribution in [0.1, 0.15) is 35.7 Å². The number of hydrogen-bond acceptors (Lipinski definition) is 4. The summed E-state index contributed by atoms with van der Waals surface area (Å²) in [5.41, 5.74) is 4.57. The van der Waals surface area contributed by atoms with Crippen LogP contribution in [-0.4, -0.2) is 18.0 Å². The van der Waals surface area contributed by atoms with Crippen molar-refractivity contribution in [3.05, 3.63) is 52.2 Å². The van der Waals surface area contributed by atoms with Crippen LogP contribution in [0.4, 0.5) is 5.69 Å². The minimum atomic E-state index is -0.294. The maximum Gasteiger partial charge on any atom is 0.271 e. The zero-order chi connectivity index (χ0) is 15.8. The van der Waals surface area contributed by atoms with Gasteiger partial charge in [-0.25, -0.2) is 5.43 Å². The Morgan fingerprint density at radius 1 is 1.23 bits per heavy atom. The van der Waals surface area contributed by atoms with E-state index in [1.165, 1.54) is 0 Å². The van der Waals surface area contributed by atoms with Gasteiger partial charge in [-0.05, 0) is 47.5 Å². The molecule has 1 heterocycles. The van der Waals surface area contributed by atoms with Gasteiger partial charge in [-0.15, -0.1) is 0 Å². The number of anilines is 1. The molecule has 0 radical (unpaired) electrons. The molecule has 2 rings (SSSR count). The average Bonchev–Trinajstić information content (AvgIpc) is 3.01. The summed E-state index contributed by atoms with van der Waals surface area (Å²) in [5.74, 6) is -0.321. The van der Waals surface area contributed by atoms with E-state index >= 15 is 0 Å². The fourth-order valence-corrected chi connectivity index (χ4v) is 2.34. The second-order valence-electron chi connectivity index (χ2n) is 4.63. The number of nitrogens with one attached hydrogen (secondary N) is 2. The molecule has 2 amide bonds. The molecule has 0 aliphatic rings. The lowest BCUT2D eigenvalue weighted by atomic mass is 10.2. The molecule has 5 nitrogen and oxygen atoms in total. The van der Waals surface area contributed by atoms with Gasteiger partial charge in [0.15, 0.2) is 0 Å². The molecule has 0 spiro atoms. The van der Waals surface area contributed by atoms with Gasteiger partial charge in [-0.2, -0.15) is 16.4 Å². The molecule has 6 heteroatoms. The smallest absolute Gasteiger partial charge is 0.271 e. The first-order valence-electron chi connectivity index (χ1n) is 6.94. The Kier molecular flexibility index (Phi) is 5.85. The monoisotopic (exact) mass is 315 g/mol. The topological polar surface area (TPSA) is 70.6 Å². The molecule has 0 bridgehead atoms. The van der Waals surface area contributed by atoms with Gasteiger partial charge in [0, 0.05) is 23.2 Å². The van der Waals surface area contributed by atoms with Crippen LogP contribution >= 0.6 is 11.3 Å². The highest BCUT2D eigenvalue weighted by atomic mass is 32.1. The molecule has 114 valence electrons. The molecule has 0 saturated carbocycles. The first-order valence-corrected chi connectivity index (χ1v) is 7.89. The summed E-state index contributed by atoms with van der Waals surface area (Å²) in [6, 6.07) is 8.61. The van der Waals surface area contributed by atoms with Crippen LogP contribution in [0.25, 0.3) is 0 Å². The maximum absolute atomic E-state index is 11.9. The molecule has 2 aromatic rings. The molecule has 0 saturated heterocycles. The van der Waals surface area contributed by atoms with E-state index in [1.54, 1.807) is 41.8 Å². The van der Waals surface area contributed by atoms with E-state index in [9.17, 15) is 9.59 Å². The van der Waals surface area contributed by atoms with E-state index in [-0.39, 0.29) is 11.8 Å². The lowest BCUT2D eigenvalue weighted by Gasteiger charge is -2.05. The van der Waals surface area contributed by atoms with Crippen molar-refractivity contribution in [1.82, 2.24) is 5.43 Å². The predicted octanol–water partition coefficient (Wildman–Crippen LogP) is 3.25. The predicted molar refractivity (Wildman–Crippen MR) is 89.4 cm³/mol. The number of rotatable bonds is 6. The van der Waals surface area contributed by atoms with Crippen LogP contribution in [0.15, 0.2) is 46.2 Å². The van der Waals surface area contributed by atoms with Gasteiger partial charge in [0.2, 0.25) is 5.91 Å². The molecule has 0 aliphatic carbocycles. The van der Waals surface area contributed by atoms with Crippen LogP contribution in [0.5, 0.6) is 0 Å². The minimum Gasteiger partial charge on any atom is -0.326 e. The van der Waals surface area contributed by atoms with E-state index < -0.39 is 0 Å². The molecule has 0 atom stereocenters. The van der Waals surface area contributed by atoms with Crippen LogP contribution in [0.2, 0.25) is 0 Å². The van der Waals surface area contributed by atoms with Crippen LogP contribution in [-0.2, 0) is 4.79 Å². The van der Waals surface area contributed by atoms with Gasteiger partial charge in [-0.3, -0.25) is 9.59 Å². The summed E-state index contributed by atoms with van der Waals surface area (Å²) in [6.45, 7) is 1.95. The highest BCUT2D eigenvalue weighted by Gasteiger charge is 2.05. The largest absolute Gasteiger partial charge is 0.326 e. The highest BCUT2D eigenvalue weighted by molar-refractivity contribution is 7.08. The first-order chi connectivity index (χ1) is 10.7. The van der Waals surface area contributed by atoms with Crippen molar-refractivity contribution in [2.75, 3.05) is 5.32 Å². The second kappa shape index (κ2) is 8.09. The van der Waals surface area contributed by atoms with Crippen molar-refractivity contribution < 1.29 is 9.59 Å². The Morgan fingerprint density at radius 3 is 2.64 bits per heavy atom. The van der Waals surface area contributed by atoms with E-state index in [0.29, 0.717) is 17.7 Å². The normalized spacial score (nSPS) is 10.6. The molecule has 2 N–H and O–H groups in total. The Hall–Kier alpha value is -2.47. The molecule has 1 aromatic heterocycles. The molecule has 22 heavy (non-hydrogen) atoms. The van der Waals surface area contributed by atoms with E-state index in [0.717, 1.165) is 12.0 Å². The standard InChI is InChI=1S/C16H17N3O2S/c1-2-3-15(20)18-14-6-4-13(5-7-14)16(21)19-17-10-12-8-9-22-11-12/h4-11H,2-3H2,1H3,(H,18,20)(H,19,21). The third-order valence-electron chi connectivity index (χ3n) is 2.83. The van der Waals surface area contributed by atoms with Gasteiger partial charge in [0.05, 0.1) is 6.21 Å². The number of benzene rings is 1. The molecule has 0 aliphatic heterocycles. The van der Waals surface area contributed by atoms with Crippen molar-refractivity contribution >= 4 is 35.1 Å². The van der Waals surface area contributed by atoms with Crippen molar-refractivity contribution in [2.24, 2.45) is 5.10 Å². The minimum absolute atomic E-state index is 0.0277. The number of thiophene rings is 1. The van der Waals surface area contributed by atoms with Crippen LogP contribution in [0.3, 0.4) is 0 Å². The first kappa shape index (κ1) is 15.9. The third-order valence-corrected chi connectivity index (χ3v) is 3.53. The Labute approximate surface area is 133 Å². The molecular weight excluding hydrogens is 298 g/mol. The quantitative estimate of drug-likeness (QED) is 0.634. The molecule has 1 aromatic carbocycles. The van der Waals surface area contributed by atoms with E-state index in [2.05, 4.69) is 15.8 Å². The van der Waals surface area contributed by atoms with E-state index in [1.807, 2.05) is 23.8 Å². The Bertz CT molecular complexity index is 649. The Morgan fingerprint density at radius 2 is 2.00 bits per heavy atom. The number of carbonyl (C=O) groups excluding carboxylic acids is 2. The lowest BCUT2D eigenvalue weighted by molar-refractivity contribution is -0.116. The van der Waals surface area contributed by atoms with Gasteiger partial charge < -0.3 is 5.32 Å². The fraction of sp³-hybridized carbons (Fsp3) is 0.188. The average molecular weight is 315 g/mol. The fourth-order valence-electron chi connectivity index (χ4n) is 1.73. The SMILES string of the molecule is CCCC(=O)Nc1ccc(C(=O)NN=Cc2ccsc2)cc1. The van der Waals surface area contributed by atoms with Crippen molar-refractivity contribution in [2.45, 2.75) is 19.8 Å².